The minimum absolute atomic E-state index is 0.0297. The minimum Gasteiger partial charge on any atom is -0.353 e. The number of amides is 1. The van der Waals surface area contributed by atoms with Crippen LogP contribution in [0.2, 0.25) is 0 Å². The number of halogens is 3. The van der Waals surface area contributed by atoms with Crippen LogP contribution in [0, 0.1) is 17.5 Å². The van der Waals surface area contributed by atoms with E-state index in [0.29, 0.717) is 12.4 Å². The molecule has 98 valence electrons. The summed E-state index contributed by atoms with van der Waals surface area (Å²) in [4.78, 5) is 21.3. The molecule has 0 heterocycles. The first-order valence-corrected chi connectivity index (χ1v) is 5.28. The number of aldehydes is 1. The van der Waals surface area contributed by atoms with Crippen LogP contribution in [0.15, 0.2) is 12.1 Å². The van der Waals surface area contributed by atoms with Gasteiger partial charge in [0.1, 0.15) is 12.1 Å². The van der Waals surface area contributed by atoms with Gasteiger partial charge in [-0.05, 0) is 18.1 Å². The van der Waals surface area contributed by atoms with Crippen molar-refractivity contribution in [1.29, 1.82) is 0 Å². The summed E-state index contributed by atoms with van der Waals surface area (Å²) in [6, 6.07) is 0.528. The number of benzene rings is 1. The molecule has 0 aliphatic rings. The molecule has 1 amide bonds. The van der Waals surface area contributed by atoms with Gasteiger partial charge in [0.15, 0.2) is 11.6 Å². The number of carbonyl (C=O) groups is 2. The Labute approximate surface area is 102 Å². The fourth-order valence-electron chi connectivity index (χ4n) is 1.58. The van der Waals surface area contributed by atoms with Crippen molar-refractivity contribution in [3.05, 3.63) is 35.1 Å². The average Bonchev–Trinajstić information content (AvgIpc) is 2.25. The Morgan fingerprint density at radius 3 is 2.44 bits per heavy atom. The normalized spacial score (nSPS) is 12.0. The maximum absolute atomic E-state index is 13.4. The van der Waals surface area contributed by atoms with Crippen molar-refractivity contribution in [1.82, 2.24) is 5.32 Å². The van der Waals surface area contributed by atoms with Crippen LogP contribution in [0.3, 0.4) is 0 Å². The molecule has 0 aliphatic carbocycles. The number of hydrogen-bond acceptors (Lipinski definition) is 2. The zero-order valence-electron chi connectivity index (χ0n) is 9.67. The molecule has 0 radical (unpaired) electrons. The lowest BCUT2D eigenvalue weighted by Gasteiger charge is -2.15. The van der Waals surface area contributed by atoms with Gasteiger partial charge in [0.2, 0.25) is 5.91 Å². The van der Waals surface area contributed by atoms with E-state index in [-0.39, 0.29) is 24.3 Å². The molecule has 1 aromatic carbocycles. The Balaban J connectivity index is 2.89. The van der Waals surface area contributed by atoms with E-state index in [1.54, 1.807) is 0 Å². The molecule has 0 aromatic heterocycles. The van der Waals surface area contributed by atoms with E-state index < -0.39 is 23.5 Å². The van der Waals surface area contributed by atoms with Crippen LogP contribution in [0.1, 0.15) is 18.9 Å². The molecule has 0 bridgehead atoms. The van der Waals surface area contributed by atoms with Crippen LogP contribution in [-0.2, 0) is 16.0 Å². The summed E-state index contributed by atoms with van der Waals surface area (Å²) in [7, 11) is 0. The smallest absolute Gasteiger partial charge is 0.217 e. The molecule has 18 heavy (non-hydrogen) atoms. The topological polar surface area (TPSA) is 46.2 Å². The van der Waals surface area contributed by atoms with Gasteiger partial charge in [0.25, 0.3) is 0 Å². The molecule has 0 saturated heterocycles. The average molecular weight is 259 g/mol. The van der Waals surface area contributed by atoms with Crippen molar-refractivity contribution in [3.8, 4) is 0 Å². The highest BCUT2D eigenvalue weighted by Crippen LogP contribution is 2.16. The van der Waals surface area contributed by atoms with Gasteiger partial charge in [-0.15, -0.1) is 0 Å². The summed E-state index contributed by atoms with van der Waals surface area (Å²) in [6.07, 6.45) is 0.456. The molecule has 0 aliphatic heterocycles. The molecule has 6 heteroatoms. The maximum Gasteiger partial charge on any atom is 0.217 e. The fraction of sp³-hybridized carbons (Fsp3) is 0.333. The van der Waals surface area contributed by atoms with E-state index >= 15 is 0 Å². The van der Waals surface area contributed by atoms with Gasteiger partial charge in [0.05, 0.1) is 0 Å². The van der Waals surface area contributed by atoms with Crippen LogP contribution in [0.4, 0.5) is 13.2 Å². The fourth-order valence-corrected chi connectivity index (χ4v) is 1.58. The number of carbonyl (C=O) groups excluding carboxylic acids is 2. The third-order valence-corrected chi connectivity index (χ3v) is 2.34. The number of rotatable bonds is 5. The Bertz CT molecular complexity index is 463. The first kappa shape index (κ1) is 14.2. The lowest BCUT2D eigenvalue weighted by molar-refractivity contribution is -0.119. The molecule has 0 spiro atoms. The largest absolute Gasteiger partial charge is 0.353 e. The molecule has 0 fully saturated rings. The summed E-state index contributed by atoms with van der Waals surface area (Å²) in [6.45, 7) is 1.25. The van der Waals surface area contributed by atoms with Gasteiger partial charge < -0.3 is 10.1 Å². The van der Waals surface area contributed by atoms with Crippen molar-refractivity contribution in [2.24, 2.45) is 0 Å². The van der Waals surface area contributed by atoms with E-state index in [0.717, 1.165) is 6.07 Å². The molecule has 1 N–H and O–H groups in total. The van der Waals surface area contributed by atoms with Gasteiger partial charge >= 0.3 is 0 Å². The van der Waals surface area contributed by atoms with Crippen LogP contribution < -0.4 is 5.32 Å². The molecule has 0 saturated carbocycles. The highest BCUT2D eigenvalue weighted by Gasteiger charge is 2.15. The standard InChI is InChI=1S/C12H12F3NO2/c1-7(18)16-9(2-3-17)4-8-5-11(14)12(15)6-10(8)13/h3,5-6,9H,2,4H2,1H3,(H,16,18)/t9-/m0/s1. The SMILES string of the molecule is CC(=O)N[C@@H](CC=O)Cc1cc(F)c(F)cc1F. The zero-order chi connectivity index (χ0) is 13.7. The van der Waals surface area contributed by atoms with Gasteiger partial charge in [-0.2, -0.15) is 0 Å². The summed E-state index contributed by atoms with van der Waals surface area (Å²) < 4.78 is 39.0. The van der Waals surface area contributed by atoms with E-state index in [9.17, 15) is 22.8 Å². The monoisotopic (exact) mass is 259 g/mol. The molecular weight excluding hydrogens is 247 g/mol. The molecule has 1 rings (SSSR count). The summed E-state index contributed by atoms with van der Waals surface area (Å²) >= 11 is 0. The van der Waals surface area contributed by atoms with E-state index in [1.165, 1.54) is 6.92 Å². The second-order valence-electron chi connectivity index (χ2n) is 3.86. The van der Waals surface area contributed by atoms with Crippen LogP contribution in [0.25, 0.3) is 0 Å². The minimum atomic E-state index is -1.28. The van der Waals surface area contributed by atoms with Crippen molar-refractivity contribution in [2.45, 2.75) is 25.8 Å². The van der Waals surface area contributed by atoms with Crippen molar-refractivity contribution >= 4 is 12.2 Å². The Morgan fingerprint density at radius 1 is 1.28 bits per heavy atom. The Hall–Kier alpha value is -1.85. The molecular formula is C12H12F3NO2. The third kappa shape index (κ3) is 3.87. The number of nitrogens with one attached hydrogen (secondary N) is 1. The summed E-state index contributed by atoms with van der Waals surface area (Å²) in [5, 5.41) is 2.44. The predicted molar refractivity (Wildman–Crippen MR) is 58.3 cm³/mol. The van der Waals surface area contributed by atoms with E-state index in [2.05, 4.69) is 5.32 Å². The molecule has 1 atom stereocenters. The van der Waals surface area contributed by atoms with Crippen molar-refractivity contribution in [3.63, 3.8) is 0 Å². The lowest BCUT2D eigenvalue weighted by atomic mass is 10.0. The Morgan fingerprint density at radius 2 is 1.89 bits per heavy atom. The maximum atomic E-state index is 13.4. The van der Waals surface area contributed by atoms with Crippen LogP contribution >= 0.6 is 0 Å². The Kier molecular flexibility index (Phi) is 4.88. The molecule has 0 unspecified atom stereocenters. The third-order valence-electron chi connectivity index (χ3n) is 2.34. The van der Waals surface area contributed by atoms with E-state index in [1.807, 2.05) is 0 Å². The van der Waals surface area contributed by atoms with Gasteiger partial charge in [-0.25, -0.2) is 13.2 Å². The summed E-state index contributed by atoms with van der Waals surface area (Å²) in [5.74, 6) is -3.73. The van der Waals surface area contributed by atoms with Crippen LogP contribution in [-0.4, -0.2) is 18.2 Å². The second kappa shape index (κ2) is 6.18. The van der Waals surface area contributed by atoms with Gasteiger partial charge in [-0.3, -0.25) is 4.79 Å². The molecule has 1 aromatic rings. The predicted octanol–water partition coefficient (Wildman–Crippen LogP) is 1.74. The quantitative estimate of drug-likeness (QED) is 0.646. The summed E-state index contributed by atoms with van der Waals surface area (Å²) in [5.41, 5.74) is -0.0884. The van der Waals surface area contributed by atoms with Gasteiger partial charge in [0, 0.05) is 25.5 Å². The highest BCUT2D eigenvalue weighted by molar-refractivity contribution is 5.73. The van der Waals surface area contributed by atoms with Gasteiger partial charge in [-0.1, -0.05) is 0 Å². The first-order valence-electron chi connectivity index (χ1n) is 5.28. The number of hydrogen-bond donors (Lipinski definition) is 1. The van der Waals surface area contributed by atoms with E-state index in [4.69, 9.17) is 0 Å². The lowest BCUT2D eigenvalue weighted by Crippen LogP contribution is -2.35. The first-order chi connectivity index (χ1) is 8.43. The molecule has 3 nitrogen and oxygen atoms in total. The van der Waals surface area contributed by atoms with Crippen molar-refractivity contribution in [2.75, 3.05) is 0 Å². The second-order valence-corrected chi connectivity index (χ2v) is 3.86. The highest BCUT2D eigenvalue weighted by atomic mass is 19.2. The van der Waals surface area contributed by atoms with Crippen molar-refractivity contribution < 1.29 is 22.8 Å². The zero-order valence-corrected chi connectivity index (χ0v) is 9.67. The van der Waals surface area contributed by atoms with Crippen LogP contribution in [0.5, 0.6) is 0 Å².